The van der Waals surface area contributed by atoms with Crippen molar-refractivity contribution in [3.63, 3.8) is 0 Å². The van der Waals surface area contributed by atoms with E-state index in [0.29, 0.717) is 5.92 Å². The lowest BCUT2D eigenvalue weighted by molar-refractivity contribution is -0.218. The smallest absolute Gasteiger partial charge is 0.324 e. The Morgan fingerprint density at radius 1 is 1.55 bits per heavy atom. The van der Waals surface area contributed by atoms with Gasteiger partial charge >= 0.3 is 5.97 Å². The highest BCUT2D eigenvalue weighted by Gasteiger charge is 2.81. The van der Waals surface area contributed by atoms with Crippen molar-refractivity contribution in [1.82, 2.24) is 5.32 Å². The van der Waals surface area contributed by atoms with Gasteiger partial charge in [-0.2, -0.15) is 0 Å². The van der Waals surface area contributed by atoms with E-state index in [4.69, 9.17) is 5.11 Å². The summed E-state index contributed by atoms with van der Waals surface area (Å²) in [7, 11) is 0. The van der Waals surface area contributed by atoms with E-state index in [2.05, 4.69) is 5.32 Å². The van der Waals surface area contributed by atoms with Crippen LogP contribution >= 0.6 is 0 Å². The SMILES string of the molecule is O=C(O)C12NCCC13CC2C3. The Hall–Kier alpha value is -0.570. The maximum atomic E-state index is 11.0. The van der Waals surface area contributed by atoms with Gasteiger partial charge in [0.1, 0.15) is 5.54 Å². The molecular formula is C8H11NO2. The first-order chi connectivity index (χ1) is 5.21. The highest BCUT2D eigenvalue weighted by molar-refractivity contribution is 5.85. The topological polar surface area (TPSA) is 49.3 Å². The number of carboxylic acid groups (broad SMARTS) is 1. The van der Waals surface area contributed by atoms with Gasteiger partial charge in [0.15, 0.2) is 0 Å². The Bertz CT molecular complexity index is 244. The van der Waals surface area contributed by atoms with Crippen molar-refractivity contribution in [1.29, 1.82) is 0 Å². The molecule has 2 N–H and O–H groups in total. The molecule has 1 unspecified atom stereocenters. The van der Waals surface area contributed by atoms with Crippen molar-refractivity contribution in [3.8, 4) is 0 Å². The van der Waals surface area contributed by atoms with Crippen molar-refractivity contribution in [2.75, 3.05) is 6.54 Å². The second-order valence-corrected chi connectivity index (χ2v) is 4.18. The molecule has 1 spiro atoms. The Balaban J connectivity index is 2.05. The van der Waals surface area contributed by atoms with Gasteiger partial charge in [-0.1, -0.05) is 0 Å². The summed E-state index contributed by atoms with van der Waals surface area (Å²) in [6.45, 7) is 0.906. The molecular weight excluding hydrogens is 142 g/mol. The Morgan fingerprint density at radius 3 is 2.55 bits per heavy atom. The monoisotopic (exact) mass is 153 g/mol. The zero-order valence-electron chi connectivity index (χ0n) is 6.26. The number of rotatable bonds is 1. The van der Waals surface area contributed by atoms with Crippen molar-refractivity contribution in [3.05, 3.63) is 0 Å². The standard InChI is InChI=1S/C8H11NO2/c10-6(11)8-5-3-7(8,4-5)1-2-9-8/h5,9H,1-4H2,(H,10,11). The van der Waals surface area contributed by atoms with Gasteiger partial charge in [-0.05, 0) is 31.7 Å². The first-order valence-electron chi connectivity index (χ1n) is 4.20. The molecule has 3 heteroatoms. The molecule has 4 aliphatic rings. The fraction of sp³-hybridized carbons (Fsp3) is 0.875. The van der Waals surface area contributed by atoms with Crippen molar-refractivity contribution >= 4 is 5.97 Å². The molecule has 2 bridgehead atoms. The lowest BCUT2D eigenvalue weighted by atomic mass is 9.34. The van der Waals surface area contributed by atoms with E-state index >= 15 is 0 Å². The van der Waals surface area contributed by atoms with Crippen LogP contribution in [0.4, 0.5) is 0 Å². The second kappa shape index (κ2) is 1.33. The molecule has 0 amide bonds. The zero-order chi connectivity index (χ0) is 7.69. The second-order valence-electron chi connectivity index (χ2n) is 4.18. The zero-order valence-corrected chi connectivity index (χ0v) is 6.26. The van der Waals surface area contributed by atoms with E-state index in [1.807, 2.05) is 0 Å². The summed E-state index contributed by atoms with van der Waals surface area (Å²) < 4.78 is 0. The predicted molar refractivity (Wildman–Crippen MR) is 38.1 cm³/mol. The summed E-state index contributed by atoms with van der Waals surface area (Å²) in [6, 6.07) is 0. The van der Waals surface area contributed by atoms with E-state index in [9.17, 15) is 4.79 Å². The summed E-state index contributed by atoms with van der Waals surface area (Å²) in [5.41, 5.74) is -0.281. The number of hydrogen-bond donors (Lipinski definition) is 2. The number of aliphatic carboxylic acids is 1. The molecule has 1 aliphatic heterocycles. The van der Waals surface area contributed by atoms with Crippen LogP contribution in [-0.2, 0) is 4.79 Å². The summed E-state index contributed by atoms with van der Waals surface area (Å²) in [6.07, 6.45) is 3.40. The van der Waals surface area contributed by atoms with Gasteiger partial charge in [-0.25, -0.2) is 0 Å². The van der Waals surface area contributed by atoms with Gasteiger partial charge in [-0.15, -0.1) is 0 Å². The molecule has 0 aromatic heterocycles. The third-order valence-corrected chi connectivity index (χ3v) is 4.07. The van der Waals surface area contributed by atoms with Crippen LogP contribution in [-0.4, -0.2) is 23.2 Å². The number of nitrogens with one attached hydrogen (secondary N) is 1. The normalized spacial score (nSPS) is 57.6. The van der Waals surface area contributed by atoms with Gasteiger partial charge in [0.2, 0.25) is 0 Å². The first-order valence-corrected chi connectivity index (χ1v) is 4.20. The third-order valence-electron chi connectivity index (χ3n) is 4.07. The molecule has 11 heavy (non-hydrogen) atoms. The quantitative estimate of drug-likeness (QED) is 0.566. The largest absolute Gasteiger partial charge is 0.480 e. The van der Waals surface area contributed by atoms with E-state index in [1.165, 1.54) is 0 Å². The maximum Gasteiger partial charge on any atom is 0.324 e. The summed E-state index contributed by atoms with van der Waals surface area (Å²) in [5.74, 6) is -0.167. The molecule has 4 fully saturated rings. The summed E-state index contributed by atoms with van der Waals surface area (Å²) >= 11 is 0. The molecule has 4 rings (SSSR count). The molecule has 3 saturated carbocycles. The van der Waals surface area contributed by atoms with Crippen LogP contribution in [0, 0.1) is 11.3 Å². The van der Waals surface area contributed by atoms with Gasteiger partial charge in [-0.3, -0.25) is 4.79 Å². The average molecular weight is 153 g/mol. The first kappa shape index (κ1) is 6.00. The minimum atomic E-state index is -0.613. The predicted octanol–water partition coefficient (Wildman–Crippen LogP) is 0.213. The summed E-state index contributed by atoms with van der Waals surface area (Å²) in [5, 5.41) is 12.2. The van der Waals surface area contributed by atoms with E-state index in [1.54, 1.807) is 0 Å². The molecule has 1 heterocycles. The number of carbonyl (C=O) groups is 1. The average Bonchev–Trinajstić information content (AvgIpc) is 2.00. The Labute approximate surface area is 64.8 Å². The lowest BCUT2D eigenvalue weighted by Gasteiger charge is -2.70. The van der Waals surface area contributed by atoms with Gasteiger partial charge in [0.05, 0.1) is 0 Å². The minimum absolute atomic E-state index is 0.184. The van der Waals surface area contributed by atoms with Gasteiger partial charge in [0, 0.05) is 5.41 Å². The Kier molecular flexibility index (Phi) is 0.727. The van der Waals surface area contributed by atoms with E-state index in [0.717, 1.165) is 25.8 Å². The fourth-order valence-corrected chi connectivity index (χ4v) is 3.39. The molecule has 0 aromatic carbocycles. The highest BCUT2D eigenvalue weighted by atomic mass is 16.4. The minimum Gasteiger partial charge on any atom is -0.480 e. The Morgan fingerprint density at radius 2 is 2.27 bits per heavy atom. The van der Waals surface area contributed by atoms with Crippen molar-refractivity contribution in [2.24, 2.45) is 11.3 Å². The lowest BCUT2D eigenvalue weighted by Crippen LogP contribution is -2.80. The van der Waals surface area contributed by atoms with Gasteiger partial charge < -0.3 is 10.4 Å². The van der Waals surface area contributed by atoms with Crippen LogP contribution in [0.15, 0.2) is 0 Å². The van der Waals surface area contributed by atoms with Crippen LogP contribution in [0.1, 0.15) is 19.3 Å². The van der Waals surface area contributed by atoms with E-state index in [-0.39, 0.29) is 5.41 Å². The molecule has 1 atom stereocenters. The highest BCUT2D eigenvalue weighted by Crippen LogP contribution is 2.74. The van der Waals surface area contributed by atoms with Crippen molar-refractivity contribution < 1.29 is 9.90 Å². The fourth-order valence-electron chi connectivity index (χ4n) is 3.39. The third kappa shape index (κ3) is 0.352. The number of carboxylic acids is 1. The van der Waals surface area contributed by atoms with E-state index < -0.39 is 11.5 Å². The maximum absolute atomic E-state index is 11.0. The molecule has 3 nitrogen and oxygen atoms in total. The molecule has 3 aliphatic carbocycles. The molecule has 0 radical (unpaired) electrons. The molecule has 1 saturated heterocycles. The van der Waals surface area contributed by atoms with Crippen LogP contribution in [0.2, 0.25) is 0 Å². The van der Waals surface area contributed by atoms with Crippen molar-refractivity contribution in [2.45, 2.75) is 24.8 Å². The van der Waals surface area contributed by atoms with Crippen LogP contribution in [0.3, 0.4) is 0 Å². The number of hydrogen-bond acceptors (Lipinski definition) is 2. The van der Waals surface area contributed by atoms with Crippen LogP contribution in [0.25, 0.3) is 0 Å². The molecule has 0 aromatic rings. The summed E-state index contributed by atoms with van der Waals surface area (Å²) in [4.78, 5) is 11.0. The molecule has 60 valence electrons. The van der Waals surface area contributed by atoms with Crippen LogP contribution < -0.4 is 5.32 Å². The van der Waals surface area contributed by atoms with Gasteiger partial charge in [0.25, 0.3) is 0 Å². The van der Waals surface area contributed by atoms with Crippen LogP contribution in [0.5, 0.6) is 0 Å².